The molecule has 5 heteroatoms. The van der Waals surface area contributed by atoms with Crippen LogP contribution in [0.3, 0.4) is 0 Å². The molecule has 2 nitrogen and oxygen atoms in total. The average molecular weight is 172 g/mol. The first kappa shape index (κ1) is 10.2. The van der Waals surface area contributed by atoms with Gasteiger partial charge in [0.05, 0.1) is 11.2 Å². The van der Waals surface area contributed by atoms with Crippen molar-refractivity contribution in [3.05, 3.63) is 0 Å². The van der Waals surface area contributed by atoms with Crippen LogP contribution in [0.15, 0.2) is 0 Å². The van der Waals surface area contributed by atoms with Crippen molar-refractivity contribution < 1.29 is 39.5 Å². The van der Waals surface area contributed by atoms with Crippen LogP contribution in [0.1, 0.15) is 6.42 Å². The largest absolute Gasteiger partial charge is 1.00 e. The van der Waals surface area contributed by atoms with E-state index < -0.39 is 5.97 Å². The summed E-state index contributed by atoms with van der Waals surface area (Å²) in [4.78, 5) is 10.1. The Bertz CT molecular complexity index is 103. The van der Waals surface area contributed by atoms with Crippen LogP contribution in [-0.4, -0.2) is 17.0 Å². The first-order valence-corrected chi connectivity index (χ1v) is 4.68. The molecule has 1 unspecified atom stereocenters. The minimum atomic E-state index is -0.917. The third-order valence-electron chi connectivity index (χ3n) is 0.910. The standard InChI is InChI=1S/C4H6O2S2.Na/c5-4(6)3-1-2-7-8-3;/h3H,1-2H2,(H,5,6);/q;+1/p-1. The molecule has 0 amide bonds. The van der Waals surface area contributed by atoms with E-state index in [0.29, 0.717) is 0 Å². The normalized spacial score (nSPS) is 25.1. The van der Waals surface area contributed by atoms with Gasteiger partial charge in [0, 0.05) is 5.75 Å². The van der Waals surface area contributed by atoms with Crippen molar-refractivity contribution in [3.8, 4) is 0 Å². The number of carbonyl (C=O) groups excluding carboxylic acids is 1. The zero-order valence-corrected chi connectivity index (χ0v) is 8.76. The number of carbonyl (C=O) groups is 1. The summed E-state index contributed by atoms with van der Waals surface area (Å²) in [6, 6.07) is 0. The molecule has 0 aliphatic carbocycles. The Morgan fingerprint density at radius 2 is 2.33 bits per heavy atom. The molecule has 0 aromatic carbocycles. The quantitative estimate of drug-likeness (QED) is 0.310. The molecular formula is C4H5NaO2S2. The molecule has 1 saturated heterocycles. The molecule has 0 bridgehead atoms. The molecule has 1 atom stereocenters. The third kappa shape index (κ3) is 3.18. The monoisotopic (exact) mass is 172 g/mol. The Morgan fingerprint density at radius 3 is 2.56 bits per heavy atom. The van der Waals surface area contributed by atoms with Gasteiger partial charge in [-0.3, -0.25) is 0 Å². The predicted octanol–water partition coefficient (Wildman–Crippen LogP) is -3.11. The fraction of sp³-hybridized carbons (Fsp3) is 0.750. The fourth-order valence-electron chi connectivity index (χ4n) is 0.491. The molecular weight excluding hydrogens is 167 g/mol. The first-order chi connectivity index (χ1) is 3.80. The van der Waals surface area contributed by atoms with Crippen LogP contribution in [0, 0.1) is 0 Å². The van der Waals surface area contributed by atoms with Gasteiger partial charge >= 0.3 is 29.6 Å². The SMILES string of the molecule is O=C([O-])C1CCSS1.[Na+]. The molecule has 0 aromatic heterocycles. The summed E-state index contributed by atoms with van der Waals surface area (Å²) in [5, 5.41) is 9.81. The first-order valence-electron chi connectivity index (χ1n) is 2.30. The molecule has 1 heterocycles. The van der Waals surface area contributed by atoms with Crippen molar-refractivity contribution in [1.82, 2.24) is 0 Å². The maximum absolute atomic E-state index is 10.1. The molecule has 0 aromatic rings. The Morgan fingerprint density at radius 1 is 1.67 bits per heavy atom. The van der Waals surface area contributed by atoms with Crippen molar-refractivity contribution >= 4 is 27.6 Å². The average Bonchev–Trinajstić information content (AvgIpc) is 2.12. The third-order valence-corrected chi connectivity index (χ3v) is 3.71. The molecule has 46 valence electrons. The molecule has 1 rings (SSSR count). The van der Waals surface area contributed by atoms with E-state index in [4.69, 9.17) is 0 Å². The van der Waals surface area contributed by atoms with Gasteiger partial charge in [0.25, 0.3) is 0 Å². The predicted molar refractivity (Wildman–Crippen MR) is 33.5 cm³/mol. The van der Waals surface area contributed by atoms with Crippen molar-refractivity contribution in [2.45, 2.75) is 11.7 Å². The van der Waals surface area contributed by atoms with E-state index >= 15 is 0 Å². The summed E-state index contributed by atoms with van der Waals surface area (Å²) in [6.45, 7) is 0. The second-order valence-corrected chi connectivity index (χ2v) is 4.20. The van der Waals surface area contributed by atoms with Gasteiger partial charge in [-0.2, -0.15) is 0 Å². The molecule has 0 saturated carbocycles. The van der Waals surface area contributed by atoms with Crippen molar-refractivity contribution in [2.75, 3.05) is 5.75 Å². The van der Waals surface area contributed by atoms with E-state index in [9.17, 15) is 9.90 Å². The smallest absolute Gasteiger partial charge is 0.549 e. The molecule has 0 N–H and O–H groups in total. The van der Waals surface area contributed by atoms with Crippen molar-refractivity contribution in [3.63, 3.8) is 0 Å². The summed E-state index contributed by atoms with van der Waals surface area (Å²) in [6.07, 6.45) is 0.762. The summed E-state index contributed by atoms with van der Waals surface area (Å²) < 4.78 is 0. The molecule has 9 heavy (non-hydrogen) atoms. The van der Waals surface area contributed by atoms with Crippen LogP contribution in [-0.2, 0) is 4.79 Å². The van der Waals surface area contributed by atoms with E-state index in [1.54, 1.807) is 10.8 Å². The van der Waals surface area contributed by atoms with E-state index in [1.807, 2.05) is 0 Å². The summed E-state index contributed by atoms with van der Waals surface area (Å²) in [7, 11) is 3.01. The van der Waals surface area contributed by atoms with E-state index in [2.05, 4.69) is 0 Å². The number of hydrogen-bond donors (Lipinski definition) is 0. The number of carboxylic acids is 1. The van der Waals surface area contributed by atoms with Gasteiger partial charge in [-0.05, 0) is 6.42 Å². The Labute approximate surface area is 83.8 Å². The second kappa shape index (κ2) is 4.91. The summed E-state index contributed by atoms with van der Waals surface area (Å²) >= 11 is 0. The van der Waals surface area contributed by atoms with E-state index in [1.165, 1.54) is 10.8 Å². The molecule has 1 fully saturated rings. The minimum Gasteiger partial charge on any atom is -0.549 e. The fourth-order valence-corrected chi connectivity index (χ4v) is 3.12. The van der Waals surface area contributed by atoms with Crippen LogP contribution in [0.4, 0.5) is 0 Å². The van der Waals surface area contributed by atoms with Crippen LogP contribution in [0.5, 0.6) is 0 Å². The van der Waals surface area contributed by atoms with Gasteiger partial charge in [-0.25, -0.2) is 0 Å². The van der Waals surface area contributed by atoms with Gasteiger partial charge < -0.3 is 9.90 Å². The van der Waals surface area contributed by atoms with Gasteiger partial charge in [-0.15, -0.1) is 0 Å². The van der Waals surface area contributed by atoms with Gasteiger partial charge in [0.2, 0.25) is 0 Å². The van der Waals surface area contributed by atoms with Gasteiger partial charge in [-0.1, -0.05) is 21.6 Å². The maximum atomic E-state index is 10.1. The number of rotatable bonds is 1. The molecule has 0 spiro atoms. The van der Waals surface area contributed by atoms with Crippen LogP contribution >= 0.6 is 21.6 Å². The zero-order chi connectivity index (χ0) is 5.98. The number of aliphatic carboxylic acids is 1. The molecule has 1 aliphatic heterocycles. The van der Waals surface area contributed by atoms with Gasteiger partial charge in [0.15, 0.2) is 0 Å². The number of carboxylic acid groups (broad SMARTS) is 1. The number of hydrogen-bond acceptors (Lipinski definition) is 4. The van der Waals surface area contributed by atoms with Crippen molar-refractivity contribution in [2.24, 2.45) is 0 Å². The Balaban J connectivity index is 0.000000640. The van der Waals surface area contributed by atoms with E-state index in [0.717, 1.165) is 12.2 Å². The zero-order valence-electron chi connectivity index (χ0n) is 5.12. The Hall–Kier alpha value is 1.17. The van der Waals surface area contributed by atoms with Crippen molar-refractivity contribution in [1.29, 1.82) is 0 Å². The molecule has 0 radical (unpaired) electrons. The van der Waals surface area contributed by atoms with E-state index in [-0.39, 0.29) is 34.8 Å². The second-order valence-electron chi connectivity index (χ2n) is 1.51. The Kier molecular flexibility index (Phi) is 5.54. The van der Waals surface area contributed by atoms with Gasteiger partial charge in [0.1, 0.15) is 0 Å². The maximum Gasteiger partial charge on any atom is 1.00 e. The minimum absolute atomic E-state index is 0. The van der Waals surface area contributed by atoms with Crippen LogP contribution < -0.4 is 34.7 Å². The summed E-state index contributed by atoms with van der Waals surface area (Å²) in [5.74, 6) is 0.0311. The summed E-state index contributed by atoms with van der Waals surface area (Å²) in [5.41, 5.74) is 0. The molecule has 1 aliphatic rings. The van der Waals surface area contributed by atoms with Crippen LogP contribution in [0.2, 0.25) is 0 Å². The topological polar surface area (TPSA) is 40.1 Å². The van der Waals surface area contributed by atoms with Crippen LogP contribution in [0.25, 0.3) is 0 Å².